The van der Waals surface area contributed by atoms with Gasteiger partial charge in [-0.15, -0.1) is 0 Å². The molecule has 4 nitrogen and oxygen atoms in total. The third-order valence-electron chi connectivity index (χ3n) is 2.73. The standard InChI is InChI=1S/C16H22N2O2/c1-2-3-4-5-12-16(20)18-15-11-8-10-14(17-15)9-6-7-13-19/h8,10-11,19H,2-5,7,12-13H2,1H3,(H,17,18,20). The summed E-state index contributed by atoms with van der Waals surface area (Å²) in [7, 11) is 0. The van der Waals surface area contributed by atoms with E-state index in [0.29, 0.717) is 24.4 Å². The van der Waals surface area contributed by atoms with E-state index in [4.69, 9.17) is 5.11 Å². The fraction of sp³-hybridized carbons (Fsp3) is 0.500. The lowest BCUT2D eigenvalue weighted by atomic mass is 10.1. The van der Waals surface area contributed by atoms with E-state index >= 15 is 0 Å². The van der Waals surface area contributed by atoms with Crippen LogP contribution in [0.15, 0.2) is 18.2 Å². The van der Waals surface area contributed by atoms with Gasteiger partial charge in [-0.2, -0.15) is 0 Å². The second kappa shape index (κ2) is 9.99. The van der Waals surface area contributed by atoms with Crippen LogP contribution >= 0.6 is 0 Å². The first-order chi connectivity index (χ1) is 9.76. The van der Waals surface area contributed by atoms with Crippen LogP contribution in [-0.2, 0) is 4.79 Å². The minimum Gasteiger partial charge on any atom is -0.395 e. The Morgan fingerprint density at radius 2 is 2.20 bits per heavy atom. The zero-order chi connectivity index (χ0) is 14.6. The van der Waals surface area contributed by atoms with Crippen LogP contribution in [0, 0.1) is 11.8 Å². The Hall–Kier alpha value is -1.86. The van der Waals surface area contributed by atoms with Crippen molar-refractivity contribution in [1.29, 1.82) is 0 Å². The number of aliphatic hydroxyl groups is 1. The number of anilines is 1. The molecule has 1 rings (SSSR count). The molecule has 20 heavy (non-hydrogen) atoms. The number of pyridine rings is 1. The van der Waals surface area contributed by atoms with Gasteiger partial charge in [0, 0.05) is 12.8 Å². The molecule has 0 atom stereocenters. The number of hydrogen-bond acceptors (Lipinski definition) is 3. The molecule has 0 saturated carbocycles. The molecular weight excluding hydrogens is 252 g/mol. The summed E-state index contributed by atoms with van der Waals surface area (Å²) in [6, 6.07) is 5.34. The number of unbranched alkanes of at least 4 members (excludes halogenated alkanes) is 3. The van der Waals surface area contributed by atoms with E-state index in [1.54, 1.807) is 12.1 Å². The van der Waals surface area contributed by atoms with E-state index < -0.39 is 0 Å². The largest absolute Gasteiger partial charge is 0.395 e. The zero-order valence-electron chi connectivity index (χ0n) is 12.0. The average Bonchev–Trinajstić information content (AvgIpc) is 2.44. The molecule has 0 aromatic carbocycles. The van der Waals surface area contributed by atoms with E-state index in [2.05, 4.69) is 29.1 Å². The van der Waals surface area contributed by atoms with Crippen LogP contribution < -0.4 is 5.32 Å². The van der Waals surface area contributed by atoms with Crippen LogP contribution in [0.4, 0.5) is 5.82 Å². The van der Waals surface area contributed by atoms with Gasteiger partial charge in [0.05, 0.1) is 6.61 Å². The topological polar surface area (TPSA) is 62.2 Å². The fourth-order valence-corrected chi connectivity index (χ4v) is 1.70. The van der Waals surface area contributed by atoms with Gasteiger partial charge in [0.15, 0.2) is 0 Å². The van der Waals surface area contributed by atoms with Gasteiger partial charge >= 0.3 is 0 Å². The molecule has 1 heterocycles. The third-order valence-corrected chi connectivity index (χ3v) is 2.73. The molecule has 0 aliphatic carbocycles. The normalized spacial score (nSPS) is 9.70. The molecule has 0 spiro atoms. The highest BCUT2D eigenvalue weighted by Gasteiger charge is 2.03. The number of hydrogen-bond donors (Lipinski definition) is 2. The maximum Gasteiger partial charge on any atom is 0.225 e. The van der Waals surface area contributed by atoms with Gasteiger partial charge in [-0.3, -0.25) is 4.79 Å². The van der Waals surface area contributed by atoms with Crippen LogP contribution in [-0.4, -0.2) is 22.6 Å². The van der Waals surface area contributed by atoms with E-state index in [1.165, 1.54) is 6.42 Å². The maximum atomic E-state index is 11.7. The summed E-state index contributed by atoms with van der Waals surface area (Å²) in [6.07, 6.45) is 5.29. The van der Waals surface area contributed by atoms with Crippen molar-refractivity contribution in [3.8, 4) is 11.8 Å². The summed E-state index contributed by atoms with van der Waals surface area (Å²) >= 11 is 0. The summed E-state index contributed by atoms with van der Waals surface area (Å²) in [5, 5.41) is 11.4. The molecule has 0 aliphatic rings. The Bertz CT molecular complexity index is 475. The van der Waals surface area contributed by atoms with Gasteiger partial charge < -0.3 is 10.4 Å². The molecule has 108 valence electrons. The number of nitrogens with one attached hydrogen (secondary N) is 1. The molecule has 1 aromatic heterocycles. The predicted molar refractivity (Wildman–Crippen MR) is 80.2 cm³/mol. The van der Waals surface area contributed by atoms with Crippen molar-refractivity contribution in [3.05, 3.63) is 23.9 Å². The highest BCUT2D eigenvalue weighted by atomic mass is 16.2. The molecule has 2 N–H and O–H groups in total. The van der Waals surface area contributed by atoms with Crippen LogP contribution in [0.25, 0.3) is 0 Å². The van der Waals surface area contributed by atoms with Crippen molar-refractivity contribution in [1.82, 2.24) is 4.98 Å². The molecule has 4 heteroatoms. The molecule has 0 aliphatic heterocycles. The number of nitrogens with zero attached hydrogens (tertiary/aromatic N) is 1. The van der Waals surface area contributed by atoms with Gasteiger partial charge in [-0.05, 0) is 24.5 Å². The van der Waals surface area contributed by atoms with E-state index in [0.717, 1.165) is 19.3 Å². The molecule has 1 aromatic rings. The van der Waals surface area contributed by atoms with Crippen molar-refractivity contribution in [2.75, 3.05) is 11.9 Å². The van der Waals surface area contributed by atoms with Crippen LogP contribution in [0.1, 0.15) is 51.1 Å². The van der Waals surface area contributed by atoms with Crippen molar-refractivity contribution < 1.29 is 9.90 Å². The Morgan fingerprint density at radius 3 is 2.95 bits per heavy atom. The first-order valence-corrected chi connectivity index (χ1v) is 7.13. The molecule has 0 fully saturated rings. The summed E-state index contributed by atoms with van der Waals surface area (Å²) in [5.74, 6) is 6.18. The van der Waals surface area contributed by atoms with Crippen molar-refractivity contribution in [2.24, 2.45) is 0 Å². The van der Waals surface area contributed by atoms with Gasteiger partial charge in [-0.1, -0.05) is 38.2 Å². The molecule has 1 amide bonds. The Balaban J connectivity index is 2.45. The monoisotopic (exact) mass is 274 g/mol. The summed E-state index contributed by atoms with van der Waals surface area (Å²) in [5.41, 5.74) is 0.599. The molecule has 0 saturated heterocycles. The quantitative estimate of drug-likeness (QED) is 0.593. The molecular formula is C16H22N2O2. The summed E-state index contributed by atoms with van der Waals surface area (Å²) < 4.78 is 0. The maximum absolute atomic E-state index is 11.7. The van der Waals surface area contributed by atoms with E-state index in [1.807, 2.05) is 6.07 Å². The lowest BCUT2D eigenvalue weighted by Gasteiger charge is -2.04. The first-order valence-electron chi connectivity index (χ1n) is 7.13. The van der Waals surface area contributed by atoms with Gasteiger partial charge in [0.2, 0.25) is 5.91 Å². The van der Waals surface area contributed by atoms with Gasteiger partial charge in [-0.25, -0.2) is 4.98 Å². The van der Waals surface area contributed by atoms with Gasteiger partial charge in [0.25, 0.3) is 0 Å². The van der Waals surface area contributed by atoms with Crippen molar-refractivity contribution in [3.63, 3.8) is 0 Å². The first kappa shape index (κ1) is 16.2. The number of aromatic nitrogens is 1. The second-order valence-electron chi connectivity index (χ2n) is 4.54. The number of carbonyl (C=O) groups is 1. The highest BCUT2D eigenvalue weighted by molar-refractivity contribution is 5.89. The Kier molecular flexibility index (Phi) is 8.09. The highest BCUT2D eigenvalue weighted by Crippen LogP contribution is 2.07. The van der Waals surface area contributed by atoms with Crippen LogP contribution in [0.3, 0.4) is 0 Å². The number of carbonyl (C=O) groups excluding carboxylic acids is 1. The lowest BCUT2D eigenvalue weighted by Crippen LogP contribution is -2.12. The molecule has 0 bridgehead atoms. The summed E-state index contributed by atoms with van der Waals surface area (Å²) in [6.45, 7) is 2.19. The minimum absolute atomic E-state index is 0.00549. The van der Waals surface area contributed by atoms with E-state index in [9.17, 15) is 4.79 Å². The SMILES string of the molecule is CCCCCCC(=O)Nc1cccc(C#CCCO)n1. The van der Waals surface area contributed by atoms with Crippen LogP contribution in [0.2, 0.25) is 0 Å². The predicted octanol–water partition coefficient (Wildman–Crippen LogP) is 2.72. The lowest BCUT2D eigenvalue weighted by molar-refractivity contribution is -0.116. The van der Waals surface area contributed by atoms with E-state index in [-0.39, 0.29) is 12.5 Å². The van der Waals surface area contributed by atoms with Gasteiger partial charge in [0.1, 0.15) is 11.5 Å². The van der Waals surface area contributed by atoms with Crippen molar-refractivity contribution >= 4 is 11.7 Å². The Morgan fingerprint density at radius 1 is 1.35 bits per heavy atom. The Labute approximate surface area is 120 Å². The minimum atomic E-state index is -0.00549. The second-order valence-corrected chi connectivity index (χ2v) is 4.54. The average molecular weight is 274 g/mol. The van der Waals surface area contributed by atoms with Crippen LogP contribution in [0.5, 0.6) is 0 Å². The smallest absolute Gasteiger partial charge is 0.225 e. The zero-order valence-corrected chi connectivity index (χ0v) is 12.0. The summed E-state index contributed by atoms with van der Waals surface area (Å²) in [4.78, 5) is 16.0. The molecule has 0 unspecified atom stereocenters. The molecule has 0 radical (unpaired) electrons. The number of rotatable bonds is 7. The number of amides is 1. The fourth-order valence-electron chi connectivity index (χ4n) is 1.70. The van der Waals surface area contributed by atoms with Crippen molar-refractivity contribution in [2.45, 2.75) is 45.4 Å². The third kappa shape index (κ3) is 6.91. The number of aliphatic hydroxyl groups excluding tert-OH is 1.